The minimum Gasteiger partial charge on any atom is -0.496 e. The van der Waals surface area contributed by atoms with Crippen molar-refractivity contribution in [3.8, 4) is 11.5 Å². The number of aryl methyl sites for hydroxylation is 2. The van der Waals surface area contributed by atoms with E-state index in [1.54, 1.807) is 41.7 Å². The van der Waals surface area contributed by atoms with Gasteiger partial charge in [-0.3, -0.25) is 0 Å². The molecule has 0 bridgehead atoms. The molecule has 0 amide bonds. The third-order valence-electron chi connectivity index (χ3n) is 6.82. The summed E-state index contributed by atoms with van der Waals surface area (Å²) in [7, 11) is -1.93. The summed E-state index contributed by atoms with van der Waals surface area (Å²) >= 11 is 0. The van der Waals surface area contributed by atoms with E-state index in [9.17, 15) is 12.8 Å². The summed E-state index contributed by atoms with van der Waals surface area (Å²) in [5, 5.41) is 0. The fraction of sp³-hybridized carbons (Fsp3) is 0.520. The number of halogens is 1. The Kier molecular flexibility index (Phi) is 7.26. The summed E-state index contributed by atoms with van der Waals surface area (Å²) in [5.74, 6) is 0.726. The number of benzene rings is 2. The van der Waals surface area contributed by atoms with E-state index < -0.39 is 10.0 Å². The molecule has 0 saturated carbocycles. The quantitative estimate of drug-likeness (QED) is 0.627. The van der Waals surface area contributed by atoms with Crippen LogP contribution in [0.3, 0.4) is 0 Å². The maximum atomic E-state index is 13.9. The molecular weight excluding hydrogens is 443 g/mol. The van der Waals surface area contributed by atoms with E-state index in [-0.39, 0.29) is 11.9 Å². The summed E-state index contributed by atoms with van der Waals surface area (Å²) < 4.78 is 53.2. The van der Waals surface area contributed by atoms with Crippen molar-refractivity contribution in [1.29, 1.82) is 0 Å². The minimum atomic E-state index is -3.53. The van der Waals surface area contributed by atoms with Crippen LogP contribution in [0.5, 0.6) is 11.5 Å². The Bertz CT molecular complexity index is 1050. The third kappa shape index (κ3) is 5.18. The van der Waals surface area contributed by atoms with Crippen molar-refractivity contribution in [3.63, 3.8) is 0 Å². The van der Waals surface area contributed by atoms with E-state index in [2.05, 4.69) is 4.90 Å². The van der Waals surface area contributed by atoms with Crippen LogP contribution in [0, 0.1) is 19.7 Å². The van der Waals surface area contributed by atoms with Gasteiger partial charge in [-0.1, -0.05) is 12.1 Å². The Labute approximate surface area is 196 Å². The molecule has 2 aromatic carbocycles. The summed E-state index contributed by atoms with van der Waals surface area (Å²) in [5.41, 5.74) is 1.65. The molecule has 0 radical (unpaired) electrons. The standard InChI is InChI=1S/C25H33FN2O4S/c1-18-16-22(17-19(2)25(18)31-3)33(29,30)28-14-8-20(9-15-28)27-12-10-21(11-13-27)32-24-7-5-4-6-23(24)26/h4-7,16-17,20-21H,8-15H2,1-3H3. The Morgan fingerprint density at radius 3 is 2.12 bits per heavy atom. The summed E-state index contributed by atoms with van der Waals surface area (Å²) in [6.45, 7) is 6.54. The molecule has 2 fully saturated rings. The first kappa shape index (κ1) is 24.0. The second-order valence-corrected chi connectivity index (χ2v) is 10.9. The average molecular weight is 477 g/mol. The van der Waals surface area contributed by atoms with Crippen LogP contribution in [-0.2, 0) is 10.0 Å². The van der Waals surface area contributed by atoms with Gasteiger partial charge in [0.15, 0.2) is 11.6 Å². The van der Waals surface area contributed by atoms with E-state index in [1.165, 1.54) is 6.07 Å². The lowest BCUT2D eigenvalue weighted by Gasteiger charge is -2.41. The number of sulfonamides is 1. The van der Waals surface area contributed by atoms with Gasteiger partial charge >= 0.3 is 0 Å². The van der Waals surface area contributed by atoms with Crippen molar-refractivity contribution >= 4 is 10.0 Å². The number of para-hydroxylation sites is 1. The van der Waals surface area contributed by atoms with Gasteiger partial charge in [0.1, 0.15) is 11.9 Å². The number of likely N-dealkylation sites (tertiary alicyclic amines) is 1. The Morgan fingerprint density at radius 2 is 1.55 bits per heavy atom. The third-order valence-corrected chi connectivity index (χ3v) is 8.70. The molecule has 2 aliphatic rings. The van der Waals surface area contributed by atoms with Gasteiger partial charge in [0.2, 0.25) is 10.0 Å². The van der Waals surface area contributed by atoms with E-state index in [0.29, 0.717) is 29.8 Å². The predicted octanol–water partition coefficient (Wildman–Crippen LogP) is 4.15. The SMILES string of the molecule is COc1c(C)cc(S(=O)(=O)N2CCC(N3CCC(Oc4ccccc4F)CC3)CC2)cc1C. The second-order valence-electron chi connectivity index (χ2n) is 9.01. The zero-order valence-electron chi connectivity index (χ0n) is 19.6. The number of hydrogen-bond acceptors (Lipinski definition) is 5. The Balaban J connectivity index is 1.32. The van der Waals surface area contributed by atoms with Crippen molar-refractivity contribution in [3.05, 3.63) is 53.3 Å². The van der Waals surface area contributed by atoms with Gasteiger partial charge in [-0.15, -0.1) is 0 Å². The smallest absolute Gasteiger partial charge is 0.243 e. The average Bonchev–Trinajstić information content (AvgIpc) is 2.81. The molecule has 0 unspecified atom stereocenters. The largest absolute Gasteiger partial charge is 0.496 e. The molecule has 2 heterocycles. The number of piperidine rings is 2. The first-order valence-corrected chi connectivity index (χ1v) is 13.0. The highest BCUT2D eigenvalue weighted by molar-refractivity contribution is 7.89. The van der Waals surface area contributed by atoms with Gasteiger partial charge in [0.25, 0.3) is 0 Å². The summed E-state index contributed by atoms with van der Waals surface area (Å²) in [6.07, 6.45) is 3.33. The molecule has 6 nitrogen and oxygen atoms in total. The molecule has 0 spiro atoms. The molecule has 4 rings (SSSR count). The highest BCUT2D eigenvalue weighted by Crippen LogP contribution is 2.30. The maximum absolute atomic E-state index is 13.9. The highest BCUT2D eigenvalue weighted by Gasteiger charge is 2.34. The molecule has 8 heteroatoms. The van der Waals surface area contributed by atoms with Crippen LogP contribution >= 0.6 is 0 Å². The van der Waals surface area contributed by atoms with Crippen molar-refractivity contribution in [1.82, 2.24) is 9.21 Å². The molecule has 180 valence electrons. The first-order valence-electron chi connectivity index (χ1n) is 11.6. The van der Waals surface area contributed by atoms with E-state index in [1.807, 2.05) is 13.8 Å². The zero-order chi connectivity index (χ0) is 23.6. The molecule has 0 aromatic heterocycles. The number of nitrogens with zero attached hydrogens (tertiary/aromatic N) is 2. The van der Waals surface area contributed by atoms with Crippen LogP contribution in [0.15, 0.2) is 41.3 Å². The van der Waals surface area contributed by atoms with Gasteiger partial charge in [0, 0.05) is 32.2 Å². The van der Waals surface area contributed by atoms with Crippen molar-refractivity contribution in [2.75, 3.05) is 33.3 Å². The van der Waals surface area contributed by atoms with Crippen LogP contribution in [0.4, 0.5) is 4.39 Å². The van der Waals surface area contributed by atoms with Crippen molar-refractivity contribution in [2.24, 2.45) is 0 Å². The lowest BCUT2D eigenvalue weighted by Crippen LogP contribution is -2.50. The minimum absolute atomic E-state index is 0.0140. The van der Waals surface area contributed by atoms with Crippen LogP contribution in [0.1, 0.15) is 36.8 Å². The van der Waals surface area contributed by atoms with Gasteiger partial charge < -0.3 is 14.4 Å². The lowest BCUT2D eigenvalue weighted by molar-refractivity contribution is 0.0568. The monoisotopic (exact) mass is 476 g/mol. The van der Waals surface area contributed by atoms with Gasteiger partial charge in [0.05, 0.1) is 12.0 Å². The molecule has 0 atom stereocenters. The van der Waals surface area contributed by atoms with Crippen LogP contribution in [0.2, 0.25) is 0 Å². The number of methoxy groups -OCH3 is 1. The van der Waals surface area contributed by atoms with E-state index in [4.69, 9.17) is 9.47 Å². The van der Waals surface area contributed by atoms with Crippen LogP contribution in [0.25, 0.3) is 0 Å². The van der Waals surface area contributed by atoms with Gasteiger partial charge in [-0.25, -0.2) is 12.8 Å². The molecule has 2 saturated heterocycles. The number of rotatable bonds is 6. The van der Waals surface area contributed by atoms with Crippen molar-refractivity contribution < 1.29 is 22.3 Å². The Morgan fingerprint density at radius 1 is 0.939 bits per heavy atom. The molecule has 2 aliphatic heterocycles. The van der Waals surface area contributed by atoms with Crippen LogP contribution < -0.4 is 9.47 Å². The topological polar surface area (TPSA) is 59.1 Å². The normalized spacial score (nSPS) is 19.5. The van der Waals surface area contributed by atoms with Crippen molar-refractivity contribution in [2.45, 2.75) is 56.6 Å². The molecular formula is C25H33FN2O4S. The van der Waals surface area contributed by atoms with Crippen LogP contribution in [-0.4, -0.2) is 63.1 Å². The molecule has 0 aliphatic carbocycles. The highest BCUT2D eigenvalue weighted by atomic mass is 32.2. The Hall–Kier alpha value is -2.16. The second kappa shape index (κ2) is 9.99. The van der Waals surface area contributed by atoms with Gasteiger partial charge in [-0.2, -0.15) is 4.31 Å². The fourth-order valence-corrected chi connectivity index (χ4v) is 6.70. The molecule has 2 aromatic rings. The fourth-order valence-electron chi connectivity index (χ4n) is 5.06. The summed E-state index contributed by atoms with van der Waals surface area (Å²) in [4.78, 5) is 2.77. The van der Waals surface area contributed by atoms with E-state index in [0.717, 1.165) is 55.6 Å². The molecule has 33 heavy (non-hydrogen) atoms. The number of hydrogen-bond donors (Lipinski definition) is 0. The van der Waals surface area contributed by atoms with Gasteiger partial charge in [-0.05, 0) is 74.9 Å². The summed E-state index contributed by atoms with van der Waals surface area (Å²) in [6, 6.07) is 10.3. The lowest BCUT2D eigenvalue weighted by atomic mass is 10.00. The predicted molar refractivity (Wildman–Crippen MR) is 126 cm³/mol. The molecule has 0 N–H and O–H groups in total. The zero-order valence-corrected chi connectivity index (χ0v) is 20.4. The first-order chi connectivity index (χ1) is 15.8. The number of ether oxygens (including phenoxy) is 2. The van der Waals surface area contributed by atoms with E-state index >= 15 is 0 Å². The maximum Gasteiger partial charge on any atom is 0.243 e.